The number of hydrogen-bond donors (Lipinski definition) is 1. The summed E-state index contributed by atoms with van der Waals surface area (Å²) in [4.78, 5) is 28.8. The van der Waals surface area contributed by atoms with E-state index in [1.54, 1.807) is 13.3 Å². The Morgan fingerprint density at radius 1 is 1.13 bits per heavy atom. The number of H-pyrrole nitrogens is 1. The highest BCUT2D eigenvalue weighted by molar-refractivity contribution is 5.74. The topological polar surface area (TPSA) is 78.8 Å². The summed E-state index contributed by atoms with van der Waals surface area (Å²) in [5.41, 5.74) is 5.47. The van der Waals surface area contributed by atoms with Gasteiger partial charge in [-0.05, 0) is 36.2 Å². The fraction of sp³-hybridized carbons (Fsp3) is 0.348. The summed E-state index contributed by atoms with van der Waals surface area (Å²) < 4.78 is 7.67. The fourth-order valence-electron chi connectivity index (χ4n) is 4.32. The first-order valence-corrected chi connectivity index (χ1v) is 10.6. The molecular weight excluding hydrogens is 392 g/mol. The third-order valence-corrected chi connectivity index (χ3v) is 6.02. The number of aryl methyl sites for hydroxylation is 1. The van der Waals surface area contributed by atoms with E-state index in [-0.39, 0.29) is 5.56 Å². The second-order valence-electron chi connectivity index (χ2n) is 7.90. The standard InChI is InChI=1S/C23H26N6O2/c1-3-17-13-18-19(26-22(17)30)12-16(14-25-18)15-27-8-10-28(11-9-27)20-4-5-21-24-6-7-29(21)23(20)31-2/h4-7,12-14H,3,8-11,15H2,1-2H3,(H,26,30). The maximum absolute atomic E-state index is 12.1. The zero-order valence-electron chi connectivity index (χ0n) is 17.8. The lowest BCUT2D eigenvalue weighted by atomic mass is 10.1. The number of ether oxygens (including phenoxy) is 1. The number of nitrogens with zero attached hydrogens (tertiary/aromatic N) is 5. The first kappa shape index (κ1) is 19.6. The van der Waals surface area contributed by atoms with E-state index in [9.17, 15) is 4.79 Å². The van der Waals surface area contributed by atoms with Gasteiger partial charge in [-0.2, -0.15) is 0 Å². The van der Waals surface area contributed by atoms with Gasteiger partial charge in [-0.25, -0.2) is 4.98 Å². The molecule has 0 atom stereocenters. The van der Waals surface area contributed by atoms with Crippen molar-refractivity contribution in [1.82, 2.24) is 24.3 Å². The van der Waals surface area contributed by atoms with Gasteiger partial charge in [0, 0.05) is 56.9 Å². The van der Waals surface area contributed by atoms with Gasteiger partial charge in [0.25, 0.3) is 5.56 Å². The number of nitrogens with one attached hydrogen (secondary N) is 1. The normalized spacial score (nSPS) is 15.1. The van der Waals surface area contributed by atoms with Crippen LogP contribution in [-0.2, 0) is 13.0 Å². The molecule has 5 rings (SSSR count). The summed E-state index contributed by atoms with van der Waals surface area (Å²) in [5.74, 6) is 0.817. The van der Waals surface area contributed by atoms with Gasteiger partial charge in [-0.15, -0.1) is 0 Å². The average Bonchev–Trinajstić information content (AvgIpc) is 3.27. The summed E-state index contributed by atoms with van der Waals surface area (Å²) >= 11 is 0. The van der Waals surface area contributed by atoms with Gasteiger partial charge >= 0.3 is 0 Å². The summed E-state index contributed by atoms with van der Waals surface area (Å²) in [5, 5.41) is 0. The van der Waals surface area contributed by atoms with Crippen molar-refractivity contribution in [2.75, 3.05) is 38.2 Å². The quantitative estimate of drug-likeness (QED) is 0.536. The minimum absolute atomic E-state index is 0.0219. The highest BCUT2D eigenvalue weighted by atomic mass is 16.5. The van der Waals surface area contributed by atoms with Gasteiger partial charge in [0.15, 0.2) is 0 Å². The Balaban J connectivity index is 1.29. The van der Waals surface area contributed by atoms with E-state index >= 15 is 0 Å². The minimum atomic E-state index is -0.0219. The number of fused-ring (bicyclic) bond motifs is 2. The Labute approximate surface area is 180 Å². The molecule has 1 aliphatic rings. The molecule has 0 aromatic carbocycles. The Morgan fingerprint density at radius 3 is 2.74 bits per heavy atom. The first-order valence-electron chi connectivity index (χ1n) is 10.6. The smallest absolute Gasteiger partial charge is 0.251 e. The fourth-order valence-corrected chi connectivity index (χ4v) is 4.32. The lowest BCUT2D eigenvalue weighted by Crippen LogP contribution is -2.46. The molecule has 160 valence electrons. The Kier molecular flexibility index (Phi) is 5.07. The van der Waals surface area contributed by atoms with E-state index in [2.05, 4.69) is 30.8 Å². The summed E-state index contributed by atoms with van der Waals surface area (Å²) in [6, 6.07) is 8.05. The van der Waals surface area contributed by atoms with E-state index in [1.807, 2.05) is 41.9 Å². The van der Waals surface area contributed by atoms with Crippen LogP contribution in [0, 0.1) is 0 Å². The molecule has 0 unspecified atom stereocenters. The molecule has 1 saturated heterocycles. The number of hydrogen-bond acceptors (Lipinski definition) is 6. The number of aromatic amines is 1. The van der Waals surface area contributed by atoms with Crippen LogP contribution in [0.15, 0.2) is 47.7 Å². The van der Waals surface area contributed by atoms with Gasteiger partial charge in [-0.3, -0.25) is 19.1 Å². The lowest BCUT2D eigenvalue weighted by molar-refractivity contribution is 0.248. The Hall–Kier alpha value is -3.39. The van der Waals surface area contributed by atoms with Crippen molar-refractivity contribution in [2.24, 2.45) is 0 Å². The molecule has 0 saturated carbocycles. The van der Waals surface area contributed by atoms with E-state index in [0.29, 0.717) is 6.42 Å². The largest absolute Gasteiger partial charge is 0.480 e. The van der Waals surface area contributed by atoms with Gasteiger partial charge in [0.1, 0.15) is 5.65 Å². The van der Waals surface area contributed by atoms with Crippen LogP contribution in [0.2, 0.25) is 0 Å². The van der Waals surface area contributed by atoms with Crippen LogP contribution < -0.4 is 15.2 Å². The number of rotatable bonds is 5. The third kappa shape index (κ3) is 3.63. The number of pyridine rings is 3. The molecule has 5 heterocycles. The van der Waals surface area contributed by atoms with Gasteiger partial charge in [0.05, 0.1) is 23.8 Å². The monoisotopic (exact) mass is 418 g/mol. The lowest BCUT2D eigenvalue weighted by Gasteiger charge is -2.36. The molecule has 0 aliphatic carbocycles. The number of piperazine rings is 1. The molecule has 0 amide bonds. The molecule has 0 radical (unpaired) electrons. The number of anilines is 1. The van der Waals surface area contributed by atoms with Crippen LogP contribution in [-0.4, -0.2) is 57.5 Å². The number of aromatic nitrogens is 4. The highest BCUT2D eigenvalue weighted by Gasteiger charge is 2.21. The van der Waals surface area contributed by atoms with Crippen LogP contribution in [0.3, 0.4) is 0 Å². The van der Waals surface area contributed by atoms with E-state index in [0.717, 1.165) is 72.1 Å². The summed E-state index contributed by atoms with van der Waals surface area (Å²) in [7, 11) is 1.70. The van der Waals surface area contributed by atoms with E-state index < -0.39 is 0 Å². The van der Waals surface area contributed by atoms with Crippen molar-refractivity contribution in [3.63, 3.8) is 0 Å². The second kappa shape index (κ2) is 8.03. The maximum atomic E-state index is 12.1. The number of imidazole rings is 1. The van der Waals surface area contributed by atoms with Crippen molar-refractivity contribution < 1.29 is 4.74 Å². The van der Waals surface area contributed by atoms with E-state index in [1.165, 1.54) is 0 Å². The summed E-state index contributed by atoms with van der Waals surface area (Å²) in [6.45, 7) is 6.49. The second-order valence-corrected chi connectivity index (χ2v) is 7.90. The van der Waals surface area contributed by atoms with Crippen LogP contribution in [0.4, 0.5) is 5.69 Å². The molecule has 4 aromatic rings. The predicted molar refractivity (Wildman–Crippen MR) is 121 cm³/mol. The molecule has 1 aliphatic heterocycles. The average molecular weight is 419 g/mol. The SMILES string of the molecule is CCc1cc2ncc(CN3CCN(c4ccc5nccn5c4OC)CC3)cc2[nH]c1=O. The van der Waals surface area contributed by atoms with Crippen molar-refractivity contribution in [1.29, 1.82) is 0 Å². The maximum Gasteiger partial charge on any atom is 0.251 e. The Bertz CT molecular complexity index is 1290. The zero-order valence-corrected chi connectivity index (χ0v) is 17.8. The molecule has 31 heavy (non-hydrogen) atoms. The first-order chi connectivity index (χ1) is 15.2. The molecule has 0 spiro atoms. The van der Waals surface area contributed by atoms with E-state index in [4.69, 9.17) is 4.74 Å². The molecule has 0 bridgehead atoms. The van der Waals surface area contributed by atoms with Crippen molar-refractivity contribution in [3.05, 3.63) is 64.3 Å². The zero-order chi connectivity index (χ0) is 21.4. The molecular formula is C23H26N6O2. The van der Waals surface area contributed by atoms with Crippen molar-refractivity contribution in [3.8, 4) is 5.88 Å². The summed E-state index contributed by atoms with van der Waals surface area (Å²) in [6.07, 6.45) is 6.34. The molecule has 1 N–H and O–H groups in total. The molecule has 1 fully saturated rings. The van der Waals surface area contributed by atoms with Crippen LogP contribution >= 0.6 is 0 Å². The molecule has 4 aromatic heterocycles. The van der Waals surface area contributed by atoms with Crippen molar-refractivity contribution in [2.45, 2.75) is 19.9 Å². The van der Waals surface area contributed by atoms with Crippen LogP contribution in [0.5, 0.6) is 5.88 Å². The minimum Gasteiger partial charge on any atom is -0.480 e. The van der Waals surface area contributed by atoms with Crippen LogP contribution in [0.25, 0.3) is 16.7 Å². The molecule has 8 nitrogen and oxygen atoms in total. The predicted octanol–water partition coefficient (Wildman–Crippen LogP) is 2.46. The molecule has 8 heteroatoms. The third-order valence-electron chi connectivity index (χ3n) is 6.02. The van der Waals surface area contributed by atoms with Crippen LogP contribution in [0.1, 0.15) is 18.1 Å². The Morgan fingerprint density at radius 2 is 1.97 bits per heavy atom. The highest BCUT2D eigenvalue weighted by Crippen LogP contribution is 2.30. The van der Waals surface area contributed by atoms with Crippen molar-refractivity contribution >= 4 is 22.4 Å². The van der Waals surface area contributed by atoms with Gasteiger partial charge in [-0.1, -0.05) is 6.92 Å². The van der Waals surface area contributed by atoms with Gasteiger partial charge in [0.2, 0.25) is 5.88 Å². The van der Waals surface area contributed by atoms with Gasteiger partial charge < -0.3 is 14.6 Å². The number of methoxy groups -OCH3 is 1.